The van der Waals surface area contributed by atoms with E-state index in [2.05, 4.69) is 29.5 Å². The Hall–Kier alpha value is -1.55. The second-order valence-electron chi connectivity index (χ2n) is 7.11. The number of rotatable bonds is 10. The summed E-state index contributed by atoms with van der Waals surface area (Å²) in [5.41, 5.74) is 0.844. The number of hydrogen-bond acceptors (Lipinski definition) is 4. The predicted octanol–water partition coefficient (Wildman–Crippen LogP) is 3.04. The van der Waals surface area contributed by atoms with Gasteiger partial charge in [-0.15, -0.1) is 24.0 Å². The average molecular weight is 518 g/mol. The Bertz CT molecular complexity index is 655. The van der Waals surface area contributed by atoms with Crippen LogP contribution < -0.4 is 20.3 Å². The molecular formula is C21H35IN4O3. The van der Waals surface area contributed by atoms with Crippen molar-refractivity contribution in [2.45, 2.75) is 39.7 Å². The number of benzene rings is 1. The molecule has 1 heterocycles. The molecule has 2 rings (SSSR count). The molecule has 8 heteroatoms. The van der Waals surface area contributed by atoms with Crippen molar-refractivity contribution in [1.29, 1.82) is 0 Å². The molecule has 2 N–H and O–H groups in total. The number of guanidine groups is 1. The summed E-state index contributed by atoms with van der Waals surface area (Å²) in [6.07, 6.45) is 2.00. The summed E-state index contributed by atoms with van der Waals surface area (Å²) in [4.78, 5) is 18.2. The van der Waals surface area contributed by atoms with Gasteiger partial charge in [-0.2, -0.15) is 0 Å². The van der Waals surface area contributed by atoms with Gasteiger partial charge in [0.05, 0.1) is 11.8 Å². The fraction of sp³-hybridized carbons (Fsp3) is 0.619. The van der Waals surface area contributed by atoms with Crippen molar-refractivity contribution in [2.24, 2.45) is 10.9 Å². The molecule has 1 unspecified atom stereocenters. The monoisotopic (exact) mass is 518 g/mol. The van der Waals surface area contributed by atoms with E-state index in [0.717, 1.165) is 49.9 Å². The van der Waals surface area contributed by atoms with Gasteiger partial charge >= 0.3 is 0 Å². The number of carbonyl (C=O) groups excluding carboxylic acids is 1. The van der Waals surface area contributed by atoms with Gasteiger partial charge in [0.25, 0.3) is 5.91 Å². The van der Waals surface area contributed by atoms with E-state index in [1.165, 1.54) is 0 Å². The lowest BCUT2D eigenvalue weighted by atomic mass is 10.0. The number of aliphatic imine (C=N–C) groups is 1. The van der Waals surface area contributed by atoms with Crippen molar-refractivity contribution in [3.05, 3.63) is 24.3 Å². The Balaban J connectivity index is 0.00000420. The highest BCUT2D eigenvalue weighted by Gasteiger charge is 2.24. The van der Waals surface area contributed by atoms with Crippen LogP contribution in [0.2, 0.25) is 0 Å². The molecule has 1 amide bonds. The van der Waals surface area contributed by atoms with Crippen LogP contribution >= 0.6 is 24.0 Å². The first-order valence-electron chi connectivity index (χ1n) is 10.1. The molecule has 7 nitrogen and oxygen atoms in total. The summed E-state index contributed by atoms with van der Waals surface area (Å²) in [6, 6.07) is 7.65. The summed E-state index contributed by atoms with van der Waals surface area (Å²) >= 11 is 0. The first-order chi connectivity index (χ1) is 13.6. The molecule has 1 aliphatic rings. The van der Waals surface area contributed by atoms with Crippen molar-refractivity contribution >= 4 is 41.5 Å². The molecule has 1 aromatic rings. The number of ether oxygens (including phenoxy) is 2. The van der Waals surface area contributed by atoms with Gasteiger partial charge in [-0.05, 0) is 37.8 Å². The Morgan fingerprint density at radius 3 is 2.69 bits per heavy atom. The number of anilines is 1. The number of fused-ring (bicyclic) bond motifs is 1. The zero-order chi connectivity index (χ0) is 20.4. The standard InChI is InChI=1S/C21H34N4O3.HI/c1-5-27-18(16(2)3)11-13-24-21(22-4)23-12-8-14-25-17-9-6-7-10-19(17)28-15-20(25)26;/h6-7,9-10,16,18H,5,8,11-15H2,1-4H3,(H2,22,23,24);1H. The van der Waals surface area contributed by atoms with Crippen LogP contribution in [0.25, 0.3) is 0 Å². The molecule has 1 aliphatic heterocycles. The molecule has 0 radical (unpaired) electrons. The molecular weight excluding hydrogens is 483 g/mol. The van der Waals surface area contributed by atoms with Gasteiger partial charge in [0.1, 0.15) is 5.75 Å². The number of nitrogens with zero attached hydrogens (tertiary/aromatic N) is 2. The number of hydrogen-bond donors (Lipinski definition) is 2. The third-order valence-electron chi connectivity index (χ3n) is 4.73. The van der Waals surface area contributed by atoms with Gasteiger partial charge in [0.2, 0.25) is 0 Å². The van der Waals surface area contributed by atoms with Gasteiger partial charge in [-0.25, -0.2) is 0 Å². The lowest BCUT2D eigenvalue weighted by molar-refractivity contribution is -0.121. The normalized spacial score (nSPS) is 14.7. The van der Waals surface area contributed by atoms with Gasteiger partial charge in [0, 0.05) is 33.3 Å². The fourth-order valence-corrected chi connectivity index (χ4v) is 3.22. The van der Waals surface area contributed by atoms with E-state index in [4.69, 9.17) is 9.47 Å². The van der Waals surface area contributed by atoms with Crippen molar-refractivity contribution in [1.82, 2.24) is 10.6 Å². The maximum Gasteiger partial charge on any atom is 0.265 e. The zero-order valence-corrected chi connectivity index (χ0v) is 20.3. The lowest BCUT2D eigenvalue weighted by Gasteiger charge is -2.29. The number of halogens is 1. The molecule has 164 valence electrons. The highest BCUT2D eigenvalue weighted by atomic mass is 127. The molecule has 0 saturated heterocycles. The topological polar surface area (TPSA) is 75.2 Å². The van der Waals surface area contributed by atoms with E-state index in [-0.39, 0.29) is 42.6 Å². The van der Waals surface area contributed by atoms with E-state index < -0.39 is 0 Å². The fourth-order valence-electron chi connectivity index (χ4n) is 3.22. The maximum absolute atomic E-state index is 12.2. The summed E-state index contributed by atoms with van der Waals surface area (Å²) in [6.45, 7) is 9.40. The molecule has 0 bridgehead atoms. The summed E-state index contributed by atoms with van der Waals surface area (Å²) in [7, 11) is 1.76. The summed E-state index contributed by atoms with van der Waals surface area (Å²) in [5, 5.41) is 6.65. The number of nitrogens with one attached hydrogen (secondary N) is 2. The van der Waals surface area contributed by atoms with Crippen LogP contribution in [0.3, 0.4) is 0 Å². The van der Waals surface area contributed by atoms with E-state index >= 15 is 0 Å². The quantitative estimate of drug-likeness (QED) is 0.216. The SMILES string of the molecule is CCOC(CCNC(=NC)NCCCN1C(=O)COc2ccccc21)C(C)C.I. The average Bonchev–Trinajstić information content (AvgIpc) is 2.70. The second kappa shape index (κ2) is 13.6. The van der Waals surface area contributed by atoms with E-state index in [1.807, 2.05) is 31.2 Å². The van der Waals surface area contributed by atoms with E-state index in [1.54, 1.807) is 11.9 Å². The third kappa shape index (κ3) is 8.00. The van der Waals surface area contributed by atoms with E-state index in [0.29, 0.717) is 12.5 Å². The first kappa shape index (κ1) is 25.5. The summed E-state index contributed by atoms with van der Waals surface area (Å²) < 4.78 is 11.3. The van der Waals surface area contributed by atoms with Gasteiger partial charge in [-0.3, -0.25) is 9.79 Å². The van der Waals surface area contributed by atoms with Gasteiger partial charge in [-0.1, -0.05) is 26.0 Å². The van der Waals surface area contributed by atoms with Crippen LogP contribution in [0.1, 0.15) is 33.6 Å². The minimum absolute atomic E-state index is 0. The van der Waals surface area contributed by atoms with Crippen molar-refractivity contribution < 1.29 is 14.3 Å². The van der Waals surface area contributed by atoms with Crippen LogP contribution in [0.4, 0.5) is 5.69 Å². The number of amides is 1. The molecule has 0 spiro atoms. The molecule has 29 heavy (non-hydrogen) atoms. The van der Waals surface area contributed by atoms with Crippen LogP contribution in [0.15, 0.2) is 29.3 Å². The van der Waals surface area contributed by atoms with Gasteiger partial charge in [0.15, 0.2) is 12.6 Å². The Labute approximate surface area is 191 Å². The second-order valence-corrected chi connectivity index (χ2v) is 7.11. The minimum atomic E-state index is -0.00291. The van der Waals surface area contributed by atoms with Crippen molar-refractivity contribution in [2.75, 3.05) is 44.8 Å². The molecule has 0 fully saturated rings. The molecule has 1 atom stereocenters. The Morgan fingerprint density at radius 2 is 2.00 bits per heavy atom. The molecule has 0 saturated carbocycles. The van der Waals surface area contributed by atoms with Crippen molar-refractivity contribution in [3.8, 4) is 5.75 Å². The largest absolute Gasteiger partial charge is 0.482 e. The highest BCUT2D eigenvalue weighted by Crippen LogP contribution is 2.31. The van der Waals surface area contributed by atoms with Crippen LogP contribution in [0.5, 0.6) is 5.75 Å². The molecule has 1 aromatic carbocycles. The van der Waals surface area contributed by atoms with Crippen LogP contribution in [-0.4, -0.2) is 57.9 Å². The highest BCUT2D eigenvalue weighted by molar-refractivity contribution is 14.0. The number of para-hydroxylation sites is 2. The van der Waals surface area contributed by atoms with Crippen molar-refractivity contribution in [3.63, 3.8) is 0 Å². The van der Waals surface area contributed by atoms with E-state index in [9.17, 15) is 4.79 Å². The van der Waals surface area contributed by atoms with Crippen LogP contribution in [-0.2, 0) is 9.53 Å². The Morgan fingerprint density at radius 1 is 1.28 bits per heavy atom. The predicted molar refractivity (Wildman–Crippen MR) is 129 cm³/mol. The summed E-state index contributed by atoms with van der Waals surface area (Å²) in [5.74, 6) is 2.02. The lowest BCUT2D eigenvalue weighted by Crippen LogP contribution is -2.42. The zero-order valence-electron chi connectivity index (χ0n) is 17.9. The van der Waals surface area contributed by atoms with Gasteiger partial charge < -0.3 is 25.0 Å². The third-order valence-corrected chi connectivity index (χ3v) is 4.73. The maximum atomic E-state index is 12.2. The molecule has 0 aromatic heterocycles. The van der Waals surface area contributed by atoms with Crippen LogP contribution in [0, 0.1) is 5.92 Å². The first-order valence-corrected chi connectivity index (χ1v) is 10.1. The molecule has 0 aliphatic carbocycles. The minimum Gasteiger partial charge on any atom is -0.482 e. The Kier molecular flexibility index (Phi) is 12.0. The number of carbonyl (C=O) groups is 1. The smallest absolute Gasteiger partial charge is 0.265 e.